The van der Waals surface area contributed by atoms with Crippen molar-refractivity contribution in [1.82, 2.24) is 0 Å². The first-order chi connectivity index (χ1) is 10.2. The fourth-order valence-corrected chi connectivity index (χ4v) is 3.90. The lowest BCUT2D eigenvalue weighted by atomic mass is 9.55. The van der Waals surface area contributed by atoms with Crippen molar-refractivity contribution < 1.29 is 9.90 Å². The van der Waals surface area contributed by atoms with E-state index in [0.29, 0.717) is 18.3 Å². The van der Waals surface area contributed by atoms with Gasteiger partial charge in [-0.25, -0.2) is 0 Å². The lowest BCUT2D eigenvalue weighted by Gasteiger charge is -2.49. The summed E-state index contributed by atoms with van der Waals surface area (Å²) < 4.78 is 0. The zero-order valence-electron chi connectivity index (χ0n) is 14.3. The maximum absolute atomic E-state index is 11.1. The molecule has 0 bridgehead atoms. The van der Waals surface area contributed by atoms with Gasteiger partial charge in [-0.1, -0.05) is 55.5 Å². The number of carboxylic acids is 1. The van der Waals surface area contributed by atoms with Crippen LogP contribution in [0.1, 0.15) is 52.9 Å². The minimum atomic E-state index is -0.727. The summed E-state index contributed by atoms with van der Waals surface area (Å²) in [5, 5.41) is 9.12. The Bertz CT molecular complexity index is 498. The van der Waals surface area contributed by atoms with Gasteiger partial charge in [-0.3, -0.25) is 4.79 Å². The van der Waals surface area contributed by atoms with Gasteiger partial charge in [0, 0.05) is 6.42 Å². The molecule has 0 radical (unpaired) electrons. The summed E-state index contributed by atoms with van der Waals surface area (Å²) >= 11 is 0. The van der Waals surface area contributed by atoms with Crippen molar-refractivity contribution in [3.63, 3.8) is 0 Å². The summed E-state index contributed by atoms with van der Waals surface area (Å²) in [4.78, 5) is 11.1. The van der Waals surface area contributed by atoms with E-state index in [4.69, 9.17) is 5.11 Å². The highest BCUT2D eigenvalue weighted by molar-refractivity contribution is 5.66. The standard InChI is InChI=1S/C20H30O2/c1-7-15(4)8-10-18-16(5)9-11-17(14(2)3)20(18,6)13-12-19(21)22/h7-8,17-18H,1-2,5,9-13H2,3-4,6H3,(H,21,22). The maximum Gasteiger partial charge on any atom is 0.303 e. The molecule has 2 heteroatoms. The molecule has 0 aliphatic heterocycles. The van der Waals surface area contributed by atoms with Crippen molar-refractivity contribution in [3.05, 3.63) is 48.6 Å². The Kier molecular flexibility index (Phi) is 6.40. The molecule has 0 aromatic carbocycles. The lowest BCUT2D eigenvalue weighted by molar-refractivity contribution is -0.138. The number of hydrogen-bond donors (Lipinski definition) is 1. The predicted molar refractivity (Wildman–Crippen MR) is 93.7 cm³/mol. The van der Waals surface area contributed by atoms with E-state index in [1.165, 1.54) is 5.57 Å². The number of allylic oxidation sites excluding steroid dienone is 5. The third kappa shape index (κ3) is 4.22. The smallest absolute Gasteiger partial charge is 0.303 e. The molecule has 0 heterocycles. The molecule has 1 rings (SSSR count). The van der Waals surface area contributed by atoms with Crippen LogP contribution in [0.2, 0.25) is 0 Å². The minimum absolute atomic E-state index is 0.0858. The fraction of sp³-hybridized carbons (Fsp3) is 0.550. The summed E-state index contributed by atoms with van der Waals surface area (Å²) in [7, 11) is 0. The van der Waals surface area contributed by atoms with Gasteiger partial charge < -0.3 is 5.11 Å². The van der Waals surface area contributed by atoms with E-state index in [1.54, 1.807) is 0 Å². The van der Waals surface area contributed by atoms with E-state index < -0.39 is 5.97 Å². The molecule has 3 unspecified atom stereocenters. The Labute approximate surface area is 135 Å². The van der Waals surface area contributed by atoms with Crippen LogP contribution in [0.3, 0.4) is 0 Å². The van der Waals surface area contributed by atoms with E-state index in [0.717, 1.165) is 30.4 Å². The van der Waals surface area contributed by atoms with Crippen molar-refractivity contribution in [2.45, 2.75) is 52.9 Å². The summed E-state index contributed by atoms with van der Waals surface area (Å²) in [5.74, 6) is -0.0635. The van der Waals surface area contributed by atoms with Crippen LogP contribution in [0.5, 0.6) is 0 Å². The van der Waals surface area contributed by atoms with Crippen LogP contribution in [0.4, 0.5) is 0 Å². The van der Waals surface area contributed by atoms with Gasteiger partial charge in [0.25, 0.3) is 0 Å². The predicted octanol–water partition coefficient (Wildman–Crippen LogP) is 5.54. The summed E-state index contributed by atoms with van der Waals surface area (Å²) in [6.45, 7) is 18.6. The Morgan fingerprint density at radius 2 is 2.09 bits per heavy atom. The molecule has 1 aliphatic carbocycles. The maximum atomic E-state index is 11.1. The summed E-state index contributed by atoms with van der Waals surface area (Å²) in [5.41, 5.74) is 3.48. The number of carboxylic acid groups (broad SMARTS) is 1. The van der Waals surface area contributed by atoms with Crippen LogP contribution < -0.4 is 0 Å². The normalized spacial score (nSPS) is 29.2. The van der Waals surface area contributed by atoms with Crippen molar-refractivity contribution in [2.75, 3.05) is 0 Å². The first-order valence-corrected chi connectivity index (χ1v) is 8.06. The van der Waals surface area contributed by atoms with Crippen LogP contribution >= 0.6 is 0 Å². The van der Waals surface area contributed by atoms with Crippen LogP contribution in [-0.4, -0.2) is 11.1 Å². The molecule has 0 aromatic heterocycles. The van der Waals surface area contributed by atoms with Gasteiger partial charge in [-0.2, -0.15) is 0 Å². The second kappa shape index (κ2) is 7.62. The molecular weight excluding hydrogens is 272 g/mol. The van der Waals surface area contributed by atoms with Crippen molar-refractivity contribution in [3.8, 4) is 0 Å². The fourth-order valence-electron chi connectivity index (χ4n) is 3.90. The van der Waals surface area contributed by atoms with Crippen LogP contribution in [0.25, 0.3) is 0 Å². The Hall–Kier alpha value is -1.57. The molecule has 0 aromatic rings. The molecule has 0 saturated heterocycles. The Morgan fingerprint density at radius 3 is 2.59 bits per heavy atom. The third-order valence-electron chi connectivity index (χ3n) is 5.31. The molecule has 1 aliphatic rings. The Morgan fingerprint density at radius 1 is 1.45 bits per heavy atom. The average Bonchev–Trinajstić information content (AvgIpc) is 2.44. The average molecular weight is 302 g/mol. The quantitative estimate of drug-likeness (QED) is 0.495. The number of carbonyl (C=O) groups is 1. The van der Waals surface area contributed by atoms with E-state index in [1.807, 2.05) is 13.0 Å². The second-order valence-electron chi connectivity index (χ2n) is 6.94. The summed E-state index contributed by atoms with van der Waals surface area (Å²) in [6.07, 6.45) is 7.87. The first kappa shape index (κ1) is 18.5. The zero-order chi connectivity index (χ0) is 16.9. The highest BCUT2D eigenvalue weighted by Gasteiger charge is 2.45. The number of hydrogen-bond acceptors (Lipinski definition) is 1. The first-order valence-electron chi connectivity index (χ1n) is 8.06. The van der Waals surface area contributed by atoms with Gasteiger partial charge in [0.15, 0.2) is 0 Å². The molecule has 2 nitrogen and oxygen atoms in total. The van der Waals surface area contributed by atoms with Crippen LogP contribution in [-0.2, 0) is 4.79 Å². The van der Waals surface area contributed by atoms with Gasteiger partial charge in [0.05, 0.1) is 0 Å². The Balaban J connectivity index is 3.13. The van der Waals surface area contributed by atoms with Gasteiger partial charge in [0.1, 0.15) is 0 Å². The molecule has 122 valence electrons. The van der Waals surface area contributed by atoms with Crippen molar-refractivity contribution in [1.29, 1.82) is 0 Å². The van der Waals surface area contributed by atoms with Gasteiger partial charge in [-0.05, 0) is 56.8 Å². The largest absolute Gasteiger partial charge is 0.481 e. The van der Waals surface area contributed by atoms with E-state index in [2.05, 4.69) is 39.7 Å². The minimum Gasteiger partial charge on any atom is -0.481 e. The third-order valence-corrected chi connectivity index (χ3v) is 5.31. The highest BCUT2D eigenvalue weighted by atomic mass is 16.4. The molecule has 1 N–H and O–H groups in total. The lowest BCUT2D eigenvalue weighted by Crippen LogP contribution is -2.41. The zero-order valence-corrected chi connectivity index (χ0v) is 14.3. The van der Waals surface area contributed by atoms with Crippen molar-refractivity contribution >= 4 is 5.97 Å². The van der Waals surface area contributed by atoms with Crippen LogP contribution in [0.15, 0.2) is 48.6 Å². The molecule has 0 spiro atoms. The SMILES string of the molecule is C=CC(C)=CCC1C(=C)CCC(C(=C)C)C1(C)CCC(=O)O. The van der Waals surface area contributed by atoms with Crippen LogP contribution in [0, 0.1) is 17.3 Å². The highest BCUT2D eigenvalue weighted by Crippen LogP contribution is 2.54. The van der Waals surface area contributed by atoms with E-state index in [9.17, 15) is 4.79 Å². The molecule has 1 fully saturated rings. The van der Waals surface area contributed by atoms with Crippen molar-refractivity contribution in [2.24, 2.45) is 17.3 Å². The van der Waals surface area contributed by atoms with Gasteiger partial charge in [-0.15, -0.1) is 0 Å². The second-order valence-corrected chi connectivity index (χ2v) is 6.94. The van der Waals surface area contributed by atoms with E-state index >= 15 is 0 Å². The molecular formula is C20H30O2. The number of rotatable bonds is 7. The molecule has 1 saturated carbocycles. The monoisotopic (exact) mass is 302 g/mol. The topological polar surface area (TPSA) is 37.3 Å². The molecule has 22 heavy (non-hydrogen) atoms. The van der Waals surface area contributed by atoms with Gasteiger partial charge in [0.2, 0.25) is 0 Å². The van der Waals surface area contributed by atoms with E-state index in [-0.39, 0.29) is 11.8 Å². The molecule has 0 amide bonds. The number of aliphatic carboxylic acids is 1. The summed E-state index contributed by atoms with van der Waals surface area (Å²) in [6, 6.07) is 0. The van der Waals surface area contributed by atoms with Gasteiger partial charge >= 0.3 is 5.97 Å². The molecule has 3 atom stereocenters.